The number of phenolic OH excluding ortho intramolecular Hbond substituents is 1. The smallest absolute Gasteiger partial charge is 0.167 e. The van der Waals surface area contributed by atoms with E-state index < -0.39 is 5.82 Å². The minimum atomic E-state index is -0.521. The molecule has 3 aromatic carbocycles. The number of halogens is 1. The Balaban J connectivity index is 1.66. The molecule has 0 radical (unpaired) electrons. The molecule has 0 aliphatic heterocycles. The van der Waals surface area contributed by atoms with E-state index in [0.29, 0.717) is 22.2 Å². The number of nitriles is 1. The monoisotopic (exact) mass is 359 g/mol. The first-order valence-electron chi connectivity index (χ1n) is 8.23. The van der Waals surface area contributed by atoms with Gasteiger partial charge in [0, 0.05) is 6.07 Å². The average molecular weight is 359 g/mol. The van der Waals surface area contributed by atoms with E-state index in [0.717, 1.165) is 5.56 Å². The summed E-state index contributed by atoms with van der Waals surface area (Å²) in [6.07, 6.45) is 1.48. The second kappa shape index (κ2) is 6.81. The van der Waals surface area contributed by atoms with E-state index in [2.05, 4.69) is 5.10 Å². The van der Waals surface area contributed by atoms with E-state index in [1.807, 2.05) is 36.4 Å². The Morgan fingerprint density at radius 3 is 2.67 bits per heavy atom. The SMILES string of the molecule is N#Cc1cc(O)c2cnn(-c3ccc(OCc4ccccc4)c(F)c3)c2c1. The Morgan fingerprint density at radius 1 is 1.11 bits per heavy atom. The van der Waals surface area contributed by atoms with Crippen LogP contribution < -0.4 is 4.74 Å². The van der Waals surface area contributed by atoms with Crippen molar-refractivity contribution in [2.24, 2.45) is 0 Å². The molecule has 0 saturated carbocycles. The first-order chi connectivity index (χ1) is 13.2. The Hall–Kier alpha value is -3.85. The molecule has 132 valence electrons. The Kier molecular flexibility index (Phi) is 4.19. The van der Waals surface area contributed by atoms with Gasteiger partial charge in [-0.2, -0.15) is 10.4 Å². The fraction of sp³-hybridized carbons (Fsp3) is 0.0476. The normalized spacial score (nSPS) is 10.7. The van der Waals surface area contributed by atoms with Gasteiger partial charge in [-0.1, -0.05) is 30.3 Å². The number of phenols is 1. The molecule has 6 heteroatoms. The van der Waals surface area contributed by atoms with Crippen LogP contribution in [0.25, 0.3) is 16.6 Å². The lowest BCUT2D eigenvalue weighted by atomic mass is 10.1. The van der Waals surface area contributed by atoms with Crippen LogP contribution >= 0.6 is 0 Å². The molecule has 0 unspecified atom stereocenters. The first kappa shape index (κ1) is 16.6. The standard InChI is InChI=1S/C21H14FN3O2/c22-18-10-16(6-7-21(18)27-13-14-4-2-1-3-5-14)25-19-8-15(11-23)9-20(26)17(19)12-24-25/h1-10,12,26H,13H2. The molecule has 1 heterocycles. The summed E-state index contributed by atoms with van der Waals surface area (Å²) in [7, 11) is 0. The van der Waals surface area contributed by atoms with Crippen LogP contribution in [0.3, 0.4) is 0 Å². The third-order valence-corrected chi connectivity index (χ3v) is 4.19. The van der Waals surface area contributed by atoms with Crippen molar-refractivity contribution < 1.29 is 14.2 Å². The topological polar surface area (TPSA) is 71.1 Å². The summed E-state index contributed by atoms with van der Waals surface area (Å²) in [4.78, 5) is 0. The van der Waals surface area contributed by atoms with E-state index >= 15 is 0 Å². The summed E-state index contributed by atoms with van der Waals surface area (Å²) in [6, 6.07) is 19.0. The van der Waals surface area contributed by atoms with Crippen LogP contribution in [0.15, 0.2) is 66.9 Å². The van der Waals surface area contributed by atoms with Gasteiger partial charge < -0.3 is 9.84 Å². The number of rotatable bonds is 4. The summed E-state index contributed by atoms with van der Waals surface area (Å²) < 4.78 is 21.5. The van der Waals surface area contributed by atoms with Crippen molar-refractivity contribution in [1.82, 2.24) is 9.78 Å². The molecule has 0 bridgehead atoms. The molecule has 0 amide bonds. The summed E-state index contributed by atoms with van der Waals surface area (Å²) in [6.45, 7) is 0.265. The number of nitrogens with zero attached hydrogens (tertiary/aromatic N) is 3. The predicted molar refractivity (Wildman–Crippen MR) is 98.2 cm³/mol. The van der Waals surface area contributed by atoms with Crippen molar-refractivity contribution in [1.29, 1.82) is 5.26 Å². The van der Waals surface area contributed by atoms with E-state index in [1.54, 1.807) is 12.1 Å². The summed E-state index contributed by atoms with van der Waals surface area (Å²) >= 11 is 0. The molecule has 27 heavy (non-hydrogen) atoms. The average Bonchev–Trinajstić information content (AvgIpc) is 3.12. The zero-order valence-electron chi connectivity index (χ0n) is 14.1. The fourth-order valence-corrected chi connectivity index (χ4v) is 2.85. The van der Waals surface area contributed by atoms with Gasteiger partial charge >= 0.3 is 0 Å². The molecule has 0 aliphatic carbocycles. The highest BCUT2D eigenvalue weighted by molar-refractivity contribution is 5.87. The first-order valence-corrected chi connectivity index (χ1v) is 8.23. The summed E-state index contributed by atoms with van der Waals surface area (Å²) in [5.41, 5.74) is 2.22. The van der Waals surface area contributed by atoms with Gasteiger partial charge in [-0.3, -0.25) is 0 Å². The highest BCUT2D eigenvalue weighted by atomic mass is 19.1. The molecule has 1 N–H and O–H groups in total. The Labute approximate surface area is 154 Å². The molecule has 1 aromatic heterocycles. The second-order valence-corrected chi connectivity index (χ2v) is 5.99. The van der Waals surface area contributed by atoms with E-state index in [9.17, 15) is 9.50 Å². The van der Waals surface area contributed by atoms with Crippen molar-refractivity contribution in [2.45, 2.75) is 6.61 Å². The fourth-order valence-electron chi connectivity index (χ4n) is 2.85. The number of benzene rings is 3. The molecule has 4 aromatic rings. The van der Waals surface area contributed by atoms with Crippen molar-refractivity contribution in [3.8, 4) is 23.3 Å². The minimum Gasteiger partial charge on any atom is -0.507 e. The van der Waals surface area contributed by atoms with Crippen molar-refractivity contribution in [3.05, 3.63) is 83.8 Å². The summed E-state index contributed by atoms with van der Waals surface area (Å²) in [5, 5.41) is 23.8. The molecule has 0 atom stereocenters. The maximum absolute atomic E-state index is 14.5. The summed E-state index contributed by atoms with van der Waals surface area (Å²) in [5.74, 6) is -0.425. The van der Waals surface area contributed by atoms with Crippen molar-refractivity contribution >= 4 is 10.9 Å². The molecule has 0 aliphatic rings. The predicted octanol–water partition coefficient (Wildman–Crippen LogP) is 4.32. The van der Waals surface area contributed by atoms with Crippen LogP contribution in [0, 0.1) is 17.1 Å². The van der Waals surface area contributed by atoms with Gasteiger partial charge in [0.15, 0.2) is 11.6 Å². The van der Waals surface area contributed by atoms with Gasteiger partial charge in [-0.15, -0.1) is 0 Å². The lowest BCUT2D eigenvalue weighted by Gasteiger charge is -2.10. The van der Waals surface area contributed by atoms with Crippen LogP contribution in [-0.4, -0.2) is 14.9 Å². The van der Waals surface area contributed by atoms with Crippen LogP contribution in [0.2, 0.25) is 0 Å². The van der Waals surface area contributed by atoms with E-state index in [1.165, 1.54) is 29.1 Å². The number of hydrogen-bond donors (Lipinski definition) is 1. The number of hydrogen-bond acceptors (Lipinski definition) is 4. The van der Waals surface area contributed by atoms with Gasteiger partial charge in [0.1, 0.15) is 12.4 Å². The van der Waals surface area contributed by atoms with Crippen LogP contribution in [0.1, 0.15) is 11.1 Å². The number of fused-ring (bicyclic) bond motifs is 1. The van der Waals surface area contributed by atoms with E-state index in [4.69, 9.17) is 10.00 Å². The second-order valence-electron chi connectivity index (χ2n) is 5.99. The number of aromatic nitrogens is 2. The van der Waals surface area contributed by atoms with Crippen molar-refractivity contribution in [3.63, 3.8) is 0 Å². The number of aromatic hydroxyl groups is 1. The van der Waals surface area contributed by atoms with Crippen LogP contribution in [0.5, 0.6) is 11.5 Å². The zero-order chi connectivity index (χ0) is 18.8. The minimum absolute atomic E-state index is 0.0430. The third kappa shape index (κ3) is 3.18. The highest BCUT2D eigenvalue weighted by Gasteiger charge is 2.13. The lowest BCUT2D eigenvalue weighted by molar-refractivity contribution is 0.290. The molecule has 0 saturated heterocycles. The van der Waals surface area contributed by atoms with Crippen molar-refractivity contribution in [2.75, 3.05) is 0 Å². The molecular weight excluding hydrogens is 345 g/mol. The quantitative estimate of drug-likeness (QED) is 0.589. The van der Waals surface area contributed by atoms with Crippen LogP contribution in [-0.2, 0) is 6.61 Å². The van der Waals surface area contributed by atoms with Gasteiger partial charge in [0.25, 0.3) is 0 Å². The maximum Gasteiger partial charge on any atom is 0.167 e. The lowest BCUT2D eigenvalue weighted by Crippen LogP contribution is -2.00. The van der Waals surface area contributed by atoms with Gasteiger partial charge in [0.2, 0.25) is 0 Å². The molecule has 4 rings (SSSR count). The third-order valence-electron chi connectivity index (χ3n) is 4.19. The zero-order valence-corrected chi connectivity index (χ0v) is 14.1. The van der Waals surface area contributed by atoms with Gasteiger partial charge in [-0.05, 0) is 29.8 Å². The molecule has 5 nitrogen and oxygen atoms in total. The molecular formula is C21H14FN3O2. The van der Waals surface area contributed by atoms with Gasteiger partial charge in [0.05, 0.1) is 34.4 Å². The molecule has 0 spiro atoms. The largest absolute Gasteiger partial charge is 0.507 e. The number of ether oxygens (including phenoxy) is 1. The Bertz CT molecular complexity index is 1160. The van der Waals surface area contributed by atoms with Crippen LogP contribution in [0.4, 0.5) is 4.39 Å². The molecule has 0 fully saturated rings. The highest BCUT2D eigenvalue weighted by Crippen LogP contribution is 2.29. The van der Waals surface area contributed by atoms with Gasteiger partial charge in [-0.25, -0.2) is 9.07 Å². The maximum atomic E-state index is 14.5. The Morgan fingerprint density at radius 2 is 1.93 bits per heavy atom. The van der Waals surface area contributed by atoms with E-state index in [-0.39, 0.29) is 18.1 Å².